The van der Waals surface area contributed by atoms with Gasteiger partial charge < -0.3 is 9.97 Å². The zero-order valence-electron chi connectivity index (χ0n) is 21.3. The second-order valence-corrected chi connectivity index (χ2v) is 14.1. The Balaban J connectivity index is 1.11. The van der Waals surface area contributed by atoms with Crippen molar-refractivity contribution in [1.82, 2.24) is 19.9 Å². The van der Waals surface area contributed by atoms with Gasteiger partial charge in [0.2, 0.25) is 0 Å². The van der Waals surface area contributed by atoms with E-state index in [0.29, 0.717) is 0 Å². The molecule has 0 spiro atoms. The second kappa shape index (κ2) is 10.5. The van der Waals surface area contributed by atoms with Gasteiger partial charge in [-0.05, 0) is 63.5 Å². The Bertz CT molecular complexity index is 1920. The van der Waals surface area contributed by atoms with E-state index in [1.165, 1.54) is 29.9 Å². The average molecular weight is 621 g/mol. The fraction of sp³-hybridized carbons (Fsp3) is 0. The number of rotatable bonds is 7. The third kappa shape index (κ3) is 4.65. The van der Waals surface area contributed by atoms with Crippen molar-refractivity contribution >= 4 is 56.7 Å². The topological polar surface area (TPSA) is 57.4 Å². The van der Waals surface area contributed by atoms with Crippen LogP contribution in [-0.4, -0.2) is 19.9 Å². The van der Waals surface area contributed by atoms with Crippen LogP contribution in [0.2, 0.25) is 0 Å². The van der Waals surface area contributed by atoms with Gasteiger partial charge >= 0.3 is 0 Å². The molecular weight excluding hydrogens is 601 g/mol. The molecule has 2 N–H and O–H groups in total. The summed E-state index contributed by atoms with van der Waals surface area (Å²) in [5.41, 5.74) is 6.42. The average Bonchev–Trinajstić information content (AvgIpc) is 3.85. The molecule has 0 aliphatic rings. The van der Waals surface area contributed by atoms with Crippen LogP contribution < -0.4 is 0 Å². The van der Waals surface area contributed by atoms with Crippen LogP contribution in [-0.2, 0) is 0 Å². The van der Waals surface area contributed by atoms with E-state index in [2.05, 4.69) is 116 Å². The quantitative estimate of drug-likeness (QED) is 0.186. The molecule has 0 fully saturated rings. The molecule has 0 saturated carbocycles. The molecule has 0 atom stereocenters. The maximum atomic E-state index is 5.05. The lowest BCUT2D eigenvalue weighted by molar-refractivity contribution is 1.31. The molecular formula is C32H20N4S5. The van der Waals surface area contributed by atoms with E-state index in [0.717, 1.165) is 44.9 Å². The minimum atomic E-state index is 0.882. The number of imidazole rings is 2. The van der Waals surface area contributed by atoms with Gasteiger partial charge in [-0.25, -0.2) is 9.97 Å². The van der Waals surface area contributed by atoms with Gasteiger partial charge in [-0.1, -0.05) is 48.5 Å². The molecule has 0 aliphatic heterocycles. The predicted molar refractivity (Wildman–Crippen MR) is 178 cm³/mol. The first kappa shape index (κ1) is 24.9. The van der Waals surface area contributed by atoms with E-state index in [1.54, 1.807) is 56.7 Å². The molecule has 0 unspecified atom stereocenters. The van der Waals surface area contributed by atoms with E-state index in [9.17, 15) is 0 Å². The minimum Gasteiger partial charge on any atom is -0.337 e. The monoisotopic (exact) mass is 620 g/mol. The molecule has 1 aromatic carbocycles. The lowest BCUT2D eigenvalue weighted by Gasteiger charge is -2.00. The molecule has 8 aromatic rings. The summed E-state index contributed by atoms with van der Waals surface area (Å²) >= 11 is 8.64. The van der Waals surface area contributed by atoms with Crippen LogP contribution in [0.4, 0.5) is 0 Å². The molecule has 41 heavy (non-hydrogen) atoms. The predicted octanol–water partition coefficient (Wildman–Crippen LogP) is 11.1. The largest absolute Gasteiger partial charge is 0.337 e. The summed E-state index contributed by atoms with van der Waals surface area (Å²) in [7, 11) is 0. The highest BCUT2D eigenvalue weighted by molar-refractivity contribution is 7.18. The van der Waals surface area contributed by atoms with Gasteiger partial charge in [-0.2, -0.15) is 0 Å². The molecule has 9 heteroatoms. The van der Waals surface area contributed by atoms with Crippen molar-refractivity contribution in [2.45, 2.75) is 0 Å². The highest BCUT2D eigenvalue weighted by Gasteiger charge is 2.19. The number of benzene rings is 1. The Hall–Kier alpha value is -3.86. The van der Waals surface area contributed by atoms with E-state index in [4.69, 9.17) is 9.97 Å². The van der Waals surface area contributed by atoms with E-state index < -0.39 is 0 Å². The highest BCUT2D eigenvalue weighted by atomic mass is 32.1. The fourth-order valence-corrected chi connectivity index (χ4v) is 8.64. The summed E-state index contributed by atoms with van der Waals surface area (Å²) in [6.45, 7) is 0. The maximum Gasteiger partial charge on any atom is 0.148 e. The van der Waals surface area contributed by atoms with Crippen LogP contribution in [0.3, 0.4) is 0 Å². The van der Waals surface area contributed by atoms with Crippen LogP contribution >= 0.6 is 56.7 Å². The number of thiophene rings is 5. The summed E-state index contributed by atoms with van der Waals surface area (Å²) < 4.78 is 0. The smallest absolute Gasteiger partial charge is 0.148 e. The van der Waals surface area contributed by atoms with Crippen molar-refractivity contribution in [3.63, 3.8) is 0 Å². The van der Waals surface area contributed by atoms with Crippen molar-refractivity contribution < 1.29 is 0 Å². The number of nitrogens with zero attached hydrogens (tertiary/aromatic N) is 2. The molecule has 0 saturated heterocycles. The van der Waals surface area contributed by atoms with Crippen molar-refractivity contribution in [1.29, 1.82) is 0 Å². The Kier molecular flexibility index (Phi) is 6.39. The first-order valence-electron chi connectivity index (χ1n) is 12.9. The Morgan fingerprint density at radius 2 is 0.878 bits per heavy atom. The van der Waals surface area contributed by atoms with E-state index in [-0.39, 0.29) is 0 Å². The third-order valence-electron chi connectivity index (χ3n) is 6.73. The normalized spacial score (nSPS) is 11.4. The zero-order chi connectivity index (χ0) is 27.2. The minimum absolute atomic E-state index is 0.882. The summed E-state index contributed by atoms with van der Waals surface area (Å²) in [4.78, 5) is 24.4. The first-order valence-corrected chi connectivity index (χ1v) is 17.2. The van der Waals surface area contributed by atoms with Gasteiger partial charge in [0, 0.05) is 10.4 Å². The number of nitrogens with one attached hydrogen (secondary N) is 2. The number of aromatic amines is 2. The van der Waals surface area contributed by atoms with Crippen LogP contribution in [0.25, 0.3) is 74.8 Å². The van der Waals surface area contributed by atoms with Gasteiger partial charge in [0.05, 0.1) is 35.8 Å². The Morgan fingerprint density at radius 1 is 0.415 bits per heavy atom. The molecule has 0 amide bonds. The number of aromatic nitrogens is 4. The lowest BCUT2D eigenvalue weighted by Crippen LogP contribution is -1.81. The fourth-order valence-electron chi connectivity index (χ4n) is 4.79. The molecule has 4 nitrogen and oxygen atoms in total. The maximum absolute atomic E-state index is 5.05. The van der Waals surface area contributed by atoms with Crippen LogP contribution in [0.5, 0.6) is 0 Å². The summed E-state index contributed by atoms with van der Waals surface area (Å²) in [5.74, 6) is 1.79. The number of H-pyrrole nitrogens is 2. The second-order valence-electron chi connectivity index (χ2n) is 9.27. The lowest BCUT2D eigenvalue weighted by atomic mass is 10.1. The van der Waals surface area contributed by atoms with Gasteiger partial charge in [0.25, 0.3) is 0 Å². The molecule has 0 radical (unpaired) electrons. The van der Waals surface area contributed by atoms with E-state index >= 15 is 0 Å². The first-order chi connectivity index (χ1) is 20.3. The van der Waals surface area contributed by atoms with Crippen LogP contribution in [0, 0.1) is 0 Å². The number of hydrogen-bond acceptors (Lipinski definition) is 7. The van der Waals surface area contributed by atoms with Crippen LogP contribution in [0.1, 0.15) is 0 Å². The molecule has 198 valence electrons. The molecule has 7 aromatic heterocycles. The van der Waals surface area contributed by atoms with Crippen molar-refractivity contribution in [2.24, 2.45) is 0 Å². The summed E-state index contributed by atoms with van der Waals surface area (Å²) in [6.07, 6.45) is 0. The van der Waals surface area contributed by atoms with Crippen molar-refractivity contribution in [2.75, 3.05) is 0 Å². The van der Waals surface area contributed by atoms with E-state index in [1.807, 2.05) is 0 Å². The molecule has 0 bridgehead atoms. The van der Waals surface area contributed by atoms with Crippen LogP contribution in [0.15, 0.2) is 106 Å². The van der Waals surface area contributed by atoms with Gasteiger partial charge in [-0.15, -0.1) is 56.7 Å². The zero-order valence-corrected chi connectivity index (χ0v) is 25.4. The molecule has 0 aliphatic carbocycles. The SMILES string of the molecule is c1csc(-c2nc(-c3ccc(-c4ccc(-c5nc(-c6cccs6)c(-c6cccs6)[nH]5)s4)cc3)[nH]c2-c2cccs2)c1. The Labute approximate surface area is 256 Å². The van der Waals surface area contributed by atoms with Crippen molar-refractivity contribution in [3.05, 3.63) is 106 Å². The summed E-state index contributed by atoms with van der Waals surface area (Å²) in [5, 5.41) is 8.41. The Morgan fingerprint density at radius 3 is 1.41 bits per heavy atom. The molecule has 7 heterocycles. The molecule has 8 rings (SSSR count). The van der Waals surface area contributed by atoms with Gasteiger partial charge in [0.1, 0.15) is 23.0 Å². The van der Waals surface area contributed by atoms with Gasteiger partial charge in [-0.3, -0.25) is 0 Å². The highest BCUT2D eigenvalue weighted by Crippen LogP contribution is 2.41. The van der Waals surface area contributed by atoms with Gasteiger partial charge in [0.15, 0.2) is 0 Å². The third-order valence-corrected chi connectivity index (χ3v) is 11.4. The number of hydrogen-bond donors (Lipinski definition) is 2. The standard InChI is InChI=1S/C32H20N4S5/c1-5-22(37-15-1)27-28(23-6-2-16-38-23)34-31(33-27)20-11-9-19(10-12-20)21-13-14-26(41-21)32-35-29(24-7-3-17-39-24)30(36-32)25-8-4-18-40-25/h1-18H,(H,33,34)(H,35,36). The summed E-state index contributed by atoms with van der Waals surface area (Å²) in [6, 6.07) is 29.9. The van der Waals surface area contributed by atoms with Crippen molar-refractivity contribution in [3.8, 4) is 74.8 Å².